The van der Waals surface area contributed by atoms with Crippen LogP contribution in [0.5, 0.6) is 5.75 Å². The maximum Gasteiger partial charge on any atom is 0.251 e. The van der Waals surface area contributed by atoms with Gasteiger partial charge in [-0.25, -0.2) is 0 Å². The molecule has 0 aromatic heterocycles. The number of guanidine groups is 1. The number of halogens is 1. The summed E-state index contributed by atoms with van der Waals surface area (Å²) in [5, 5.41) is 18.5. The molecule has 152 valence electrons. The minimum Gasteiger partial charge on any atom is -0.508 e. The van der Waals surface area contributed by atoms with E-state index in [9.17, 15) is 9.90 Å². The number of hydrogen-bond donors (Lipinski definition) is 4. The van der Waals surface area contributed by atoms with Crippen LogP contribution in [0.4, 0.5) is 0 Å². The molecular weight excluding hydrogens is 467 g/mol. The van der Waals surface area contributed by atoms with Crippen molar-refractivity contribution in [1.29, 1.82) is 0 Å². The van der Waals surface area contributed by atoms with Crippen molar-refractivity contribution in [3.63, 3.8) is 0 Å². The third kappa shape index (κ3) is 8.16. The van der Waals surface area contributed by atoms with Crippen molar-refractivity contribution in [1.82, 2.24) is 16.0 Å². The van der Waals surface area contributed by atoms with Crippen molar-refractivity contribution in [2.45, 2.75) is 19.3 Å². The fourth-order valence-corrected chi connectivity index (χ4v) is 2.72. The molecule has 0 aliphatic carbocycles. The topological polar surface area (TPSA) is 85.8 Å². The van der Waals surface area contributed by atoms with Gasteiger partial charge in [-0.15, -0.1) is 24.0 Å². The average Bonchev–Trinajstić information content (AvgIpc) is 2.70. The Balaban J connectivity index is 0.00000392. The molecule has 2 rings (SSSR count). The Morgan fingerprint density at radius 3 is 2.39 bits per heavy atom. The Hall–Kier alpha value is -2.29. The molecule has 0 aliphatic heterocycles. The highest BCUT2D eigenvalue weighted by molar-refractivity contribution is 14.0. The second-order valence-corrected chi connectivity index (χ2v) is 6.23. The van der Waals surface area contributed by atoms with Crippen molar-refractivity contribution in [2.75, 3.05) is 27.2 Å². The summed E-state index contributed by atoms with van der Waals surface area (Å²) in [5.74, 6) is 0.987. The van der Waals surface area contributed by atoms with Gasteiger partial charge in [-0.2, -0.15) is 0 Å². The summed E-state index contributed by atoms with van der Waals surface area (Å²) in [6, 6.07) is 14.9. The molecule has 4 N–H and O–H groups in total. The van der Waals surface area contributed by atoms with Crippen LogP contribution in [0.25, 0.3) is 0 Å². The number of amides is 1. The van der Waals surface area contributed by atoms with Gasteiger partial charge < -0.3 is 21.1 Å². The number of nitrogens with one attached hydrogen (secondary N) is 3. The molecule has 0 radical (unpaired) electrons. The van der Waals surface area contributed by atoms with Gasteiger partial charge in [0.1, 0.15) is 5.75 Å². The van der Waals surface area contributed by atoms with E-state index in [0.29, 0.717) is 11.3 Å². The number of rotatable bonds is 8. The zero-order valence-electron chi connectivity index (χ0n) is 16.4. The Bertz CT molecular complexity index is 763. The smallest absolute Gasteiger partial charge is 0.251 e. The number of phenolic OH excluding ortho intramolecular Hbond substituents is 1. The van der Waals surface area contributed by atoms with Gasteiger partial charge in [0.25, 0.3) is 5.91 Å². The van der Waals surface area contributed by atoms with Crippen LogP contribution in [0.1, 0.15) is 27.9 Å². The lowest BCUT2D eigenvalue weighted by Crippen LogP contribution is -2.38. The summed E-state index contributed by atoms with van der Waals surface area (Å²) in [4.78, 5) is 15.9. The molecule has 0 spiro atoms. The fraction of sp³-hybridized carbons (Fsp3) is 0.333. The summed E-state index contributed by atoms with van der Waals surface area (Å²) in [7, 11) is 3.38. The predicted molar refractivity (Wildman–Crippen MR) is 125 cm³/mol. The van der Waals surface area contributed by atoms with Gasteiger partial charge in [-0.05, 0) is 54.7 Å². The van der Waals surface area contributed by atoms with E-state index < -0.39 is 0 Å². The SMILES string of the molecule is CN=C(NCCCc1ccc(O)cc1)NCCc1cccc(C(=O)NC)c1.I. The second-order valence-electron chi connectivity index (χ2n) is 6.23. The second kappa shape index (κ2) is 13.0. The number of benzene rings is 2. The van der Waals surface area contributed by atoms with Crippen LogP contribution in [0.3, 0.4) is 0 Å². The molecule has 0 atom stereocenters. The van der Waals surface area contributed by atoms with Gasteiger partial charge in [0.2, 0.25) is 0 Å². The molecule has 6 nitrogen and oxygen atoms in total. The van der Waals surface area contributed by atoms with Crippen molar-refractivity contribution in [3.05, 3.63) is 65.2 Å². The number of aryl methyl sites for hydroxylation is 1. The summed E-state index contributed by atoms with van der Waals surface area (Å²) >= 11 is 0. The van der Waals surface area contributed by atoms with E-state index in [2.05, 4.69) is 20.9 Å². The normalized spacial score (nSPS) is 10.7. The van der Waals surface area contributed by atoms with Gasteiger partial charge in [0.05, 0.1) is 0 Å². The minimum atomic E-state index is -0.0732. The van der Waals surface area contributed by atoms with Crippen LogP contribution in [0.2, 0.25) is 0 Å². The first-order chi connectivity index (χ1) is 13.1. The first-order valence-electron chi connectivity index (χ1n) is 9.16. The van der Waals surface area contributed by atoms with E-state index in [1.165, 1.54) is 5.56 Å². The number of carbonyl (C=O) groups excluding carboxylic acids is 1. The quantitative estimate of drug-likeness (QED) is 0.196. The number of hydrogen-bond acceptors (Lipinski definition) is 3. The van der Waals surface area contributed by atoms with Crippen LogP contribution >= 0.6 is 24.0 Å². The van der Waals surface area contributed by atoms with Crippen LogP contribution in [0.15, 0.2) is 53.5 Å². The predicted octanol–water partition coefficient (Wildman–Crippen LogP) is 2.71. The molecule has 2 aromatic carbocycles. The molecule has 0 saturated heterocycles. The zero-order chi connectivity index (χ0) is 19.5. The number of aromatic hydroxyl groups is 1. The highest BCUT2D eigenvalue weighted by Gasteiger charge is 2.04. The molecule has 7 heteroatoms. The van der Waals surface area contributed by atoms with Crippen LogP contribution < -0.4 is 16.0 Å². The zero-order valence-corrected chi connectivity index (χ0v) is 18.7. The number of nitrogens with zero attached hydrogens (tertiary/aromatic N) is 1. The lowest BCUT2D eigenvalue weighted by Gasteiger charge is -2.12. The van der Waals surface area contributed by atoms with Gasteiger partial charge in [-0.1, -0.05) is 24.3 Å². The molecule has 0 bridgehead atoms. The van der Waals surface area contributed by atoms with E-state index >= 15 is 0 Å². The average molecular weight is 496 g/mol. The largest absolute Gasteiger partial charge is 0.508 e. The van der Waals surface area contributed by atoms with Crippen molar-refractivity contribution in [3.8, 4) is 5.75 Å². The van der Waals surface area contributed by atoms with Gasteiger partial charge in [0.15, 0.2) is 5.96 Å². The van der Waals surface area contributed by atoms with Crippen molar-refractivity contribution in [2.24, 2.45) is 4.99 Å². The molecular formula is C21H29IN4O2. The molecule has 0 unspecified atom stereocenters. The maximum absolute atomic E-state index is 11.7. The van der Waals surface area contributed by atoms with E-state index in [4.69, 9.17) is 0 Å². The number of aliphatic imine (C=N–C) groups is 1. The first kappa shape index (κ1) is 23.7. The summed E-state index contributed by atoms with van der Waals surface area (Å²) in [6.45, 7) is 1.54. The number of phenols is 1. The van der Waals surface area contributed by atoms with Crippen LogP contribution in [-0.2, 0) is 12.8 Å². The summed E-state index contributed by atoms with van der Waals surface area (Å²) < 4.78 is 0. The van der Waals surface area contributed by atoms with Gasteiger partial charge in [0, 0.05) is 32.7 Å². The van der Waals surface area contributed by atoms with Gasteiger partial charge in [-0.3, -0.25) is 9.79 Å². The maximum atomic E-state index is 11.7. The molecule has 28 heavy (non-hydrogen) atoms. The van der Waals surface area contributed by atoms with Crippen molar-refractivity contribution >= 4 is 35.8 Å². The Labute approximate surface area is 183 Å². The summed E-state index contributed by atoms with van der Waals surface area (Å²) in [5.41, 5.74) is 2.98. The Morgan fingerprint density at radius 1 is 1.00 bits per heavy atom. The van der Waals surface area contributed by atoms with E-state index in [-0.39, 0.29) is 29.9 Å². The monoisotopic (exact) mass is 496 g/mol. The third-order valence-corrected chi connectivity index (χ3v) is 4.22. The molecule has 0 saturated carbocycles. The van der Waals surface area contributed by atoms with Crippen LogP contribution in [-0.4, -0.2) is 44.2 Å². The highest BCUT2D eigenvalue weighted by atomic mass is 127. The van der Waals surface area contributed by atoms with Crippen LogP contribution in [0, 0.1) is 0 Å². The van der Waals surface area contributed by atoms with Gasteiger partial charge >= 0.3 is 0 Å². The van der Waals surface area contributed by atoms with E-state index in [0.717, 1.165) is 43.9 Å². The summed E-state index contributed by atoms with van der Waals surface area (Å²) in [6.07, 6.45) is 2.72. The van der Waals surface area contributed by atoms with Crippen molar-refractivity contribution < 1.29 is 9.90 Å². The third-order valence-electron chi connectivity index (χ3n) is 4.22. The highest BCUT2D eigenvalue weighted by Crippen LogP contribution is 2.10. The molecule has 0 heterocycles. The minimum absolute atomic E-state index is 0. The molecule has 1 amide bonds. The fourth-order valence-electron chi connectivity index (χ4n) is 2.72. The lowest BCUT2D eigenvalue weighted by molar-refractivity contribution is 0.0963. The standard InChI is InChI=1S/C21H28N4O2.HI/c1-22-20(27)18-7-3-5-17(15-18)12-14-25-21(23-2)24-13-4-6-16-8-10-19(26)11-9-16;/h3,5,7-11,15,26H,4,6,12-14H2,1-2H3,(H,22,27)(H2,23,24,25);1H. The Morgan fingerprint density at radius 2 is 1.71 bits per heavy atom. The molecule has 0 aliphatic rings. The molecule has 0 fully saturated rings. The first-order valence-corrected chi connectivity index (χ1v) is 9.16. The lowest BCUT2D eigenvalue weighted by atomic mass is 10.1. The molecule has 2 aromatic rings. The van der Waals surface area contributed by atoms with E-state index in [1.807, 2.05) is 36.4 Å². The van der Waals surface area contributed by atoms with E-state index in [1.54, 1.807) is 26.2 Å². The Kier molecular flexibility index (Phi) is 11.0. The number of carbonyl (C=O) groups is 1.